The average Bonchev–Trinajstić information content (AvgIpc) is 3.31. The fraction of sp³-hybridized carbons (Fsp3) is 0.423. The van der Waals surface area contributed by atoms with Crippen molar-refractivity contribution >= 4 is 23.2 Å². The van der Waals surface area contributed by atoms with Crippen LogP contribution >= 0.6 is 11.3 Å². The van der Waals surface area contributed by atoms with Crippen molar-refractivity contribution in [3.8, 4) is 16.3 Å². The minimum Gasteiger partial charge on any atom is -0.503 e. The number of halogens is 1. The van der Waals surface area contributed by atoms with Crippen molar-refractivity contribution < 1.29 is 23.8 Å². The number of benzene rings is 1. The summed E-state index contributed by atoms with van der Waals surface area (Å²) in [6, 6.07) is 5.73. The maximum absolute atomic E-state index is 13.8. The zero-order valence-corrected chi connectivity index (χ0v) is 22.3. The van der Waals surface area contributed by atoms with E-state index in [1.165, 1.54) is 27.8 Å². The van der Waals surface area contributed by atoms with E-state index in [1.54, 1.807) is 31.1 Å². The van der Waals surface area contributed by atoms with Crippen LogP contribution in [0.1, 0.15) is 41.8 Å². The fourth-order valence-corrected chi connectivity index (χ4v) is 5.74. The fourth-order valence-electron chi connectivity index (χ4n) is 4.86. The predicted molar refractivity (Wildman–Crippen MR) is 138 cm³/mol. The molecule has 3 aromatic rings. The number of ether oxygens (including phenoxy) is 1. The Morgan fingerprint density at radius 1 is 1.24 bits per heavy atom. The Hall–Kier alpha value is -3.64. The second-order valence-corrected chi connectivity index (χ2v) is 11.2. The van der Waals surface area contributed by atoms with Crippen LogP contribution in [0.5, 0.6) is 5.75 Å². The maximum atomic E-state index is 13.8. The van der Waals surface area contributed by atoms with Gasteiger partial charge in [0.2, 0.25) is 5.43 Å². The van der Waals surface area contributed by atoms with E-state index in [-0.39, 0.29) is 46.7 Å². The zero-order valence-electron chi connectivity index (χ0n) is 21.5. The van der Waals surface area contributed by atoms with Gasteiger partial charge in [-0.1, -0.05) is 23.5 Å². The van der Waals surface area contributed by atoms with Crippen molar-refractivity contribution in [2.45, 2.75) is 44.9 Å². The molecule has 12 heteroatoms. The first-order valence-electron chi connectivity index (χ1n) is 12.2. The topological polar surface area (TPSA) is 118 Å². The molecule has 2 aromatic heterocycles. The molecule has 2 amide bonds. The molecule has 38 heavy (non-hydrogen) atoms. The molecule has 0 saturated carbocycles. The predicted octanol–water partition coefficient (Wildman–Crippen LogP) is 2.24. The Morgan fingerprint density at radius 2 is 1.92 bits per heavy atom. The molecule has 0 bridgehead atoms. The molecule has 1 aromatic carbocycles. The molecule has 5 rings (SSSR count). The second-order valence-electron chi connectivity index (χ2n) is 10.1. The number of amides is 2. The Balaban J connectivity index is 1.58. The minimum absolute atomic E-state index is 0.0392. The number of aromatic nitrogens is 3. The lowest BCUT2D eigenvalue weighted by atomic mass is 9.91. The molecule has 1 atom stereocenters. The van der Waals surface area contributed by atoms with Gasteiger partial charge in [-0.05, 0) is 38.5 Å². The summed E-state index contributed by atoms with van der Waals surface area (Å²) in [7, 11) is 1.59. The number of likely N-dealkylation sites (tertiary alicyclic amines) is 1. The van der Waals surface area contributed by atoms with Crippen molar-refractivity contribution in [1.82, 2.24) is 24.6 Å². The summed E-state index contributed by atoms with van der Waals surface area (Å²) in [5, 5.41) is 20.2. The third-order valence-electron chi connectivity index (χ3n) is 7.18. The van der Waals surface area contributed by atoms with Crippen LogP contribution < -0.4 is 5.43 Å². The van der Waals surface area contributed by atoms with E-state index >= 15 is 0 Å². The van der Waals surface area contributed by atoms with E-state index in [2.05, 4.69) is 10.2 Å². The second kappa shape index (κ2) is 9.59. The summed E-state index contributed by atoms with van der Waals surface area (Å²) in [5.41, 5.74) is -1.42. The number of pyridine rings is 1. The maximum Gasteiger partial charge on any atom is 0.274 e. The number of methoxy groups -OCH3 is 1. The number of carbonyl (C=O) groups is 2. The van der Waals surface area contributed by atoms with Gasteiger partial charge in [-0.2, -0.15) is 0 Å². The van der Waals surface area contributed by atoms with E-state index in [1.807, 2.05) is 13.8 Å². The molecule has 1 saturated heterocycles. The highest BCUT2D eigenvalue weighted by Crippen LogP contribution is 2.36. The van der Waals surface area contributed by atoms with Crippen LogP contribution in [0.4, 0.5) is 4.39 Å². The van der Waals surface area contributed by atoms with Gasteiger partial charge in [0.15, 0.2) is 16.5 Å². The largest absolute Gasteiger partial charge is 0.503 e. The van der Waals surface area contributed by atoms with E-state index in [9.17, 15) is 23.9 Å². The molecule has 10 nitrogen and oxygen atoms in total. The van der Waals surface area contributed by atoms with Crippen molar-refractivity contribution in [1.29, 1.82) is 0 Å². The van der Waals surface area contributed by atoms with Crippen LogP contribution in [0, 0.1) is 5.82 Å². The summed E-state index contributed by atoms with van der Waals surface area (Å²) < 4.78 is 20.0. The SMILES string of the molecule is COC1CN(C(=O)[C@@]2(C)CN(C(C)C)C(=O)c3c(O)c(=O)c(-c4nnc(Cc5ccc(F)cc5)s4)cn32)C1. The average molecular weight is 542 g/mol. The molecular formula is C26H28FN5O5S. The summed E-state index contributed by atoms with van der Waals surface area (Å²) in [4.78, 5) is 43.6. The zero-order chi connectivity index (χ0) is 27.4. The first-order chi connectivity index (χ1) is 18.0. The van der Waals surface area contributed by atoms with E-state index in [4.69, 9.17) is 4.74 Å². The Morgan fingerprint density at radius 3 is 2.55 bits per heavy atom. The van der Waals surface area contributed by atoms with Crippen molar-refractivity contribution in [2.75, 3.05) is 26.7 Å². The van der Waals surface area contributed by atoms with Gasteiger partial charge in [0, 0.05) is 38.9 Å². The van der Waals surface area contributed by atoms with Gasteiger partial charge in [0.1, 0.15) is 16.4 Å². The highest BCUT2D eigenvalue weighted by atomic mass is 32.1. The molecule has 4 heterocycles. The third kappa shape index (κ3) is 4.27. The number of aromatic hydroxyl groups is 1. The van der Waals surface area contributed by atoms with Gasteiger partial charge in [0.25, 0.3) is 11.8 Å². The number of hydrogen-bond acceptors (Lipinski definition) is 8. The minimum atomic E-state index is -1.28. The van der Waals surface area contributed by atoms with E-state index < -0.39 is 22.6 Å². The van der Waals surface area contributed by atoms with Crippen molar-refractivity contribution in [3.05, 3.63) is 62.8 Å². The highest BCUT2D eigenvalue weighted by molar-refractivity contribution is 7.14. The molecule has 1 N–H and O–H groups in total. The van der Waals surface area contributed by atoms with Crippen LogP contribution in [-0.4, -0.2) is 80.4 Å². The lowest BCUT2D eigenvalue weighted by Gasteiger charge is -2.48. The third-order valence-corrected chi connectivity index (χ3v) is 8.13. The van der Waals surface area contributed by atoms with Gasteiger partial charge in [-0.25, -0.2) is 4.39 Å². The quantitative estimate of drug-likeness (QED) is 0.509. The summed E-state index contributed by atoms with van der Waals surface area (Å²) in [5.74, 6) is -1.85. The number of fused-ring (bicyclic) bond motifs is 1. The summed E-state index contributed by atoms with van der Waals surface area (Å²) in [6.07, 6.45) is 1.75. The number of rotatable bonds is 6. The van der Waals surface area contributed by atoms with Gasteiger partial charge >= 0.3 is 0 Å². The Labute approximate surface area is 222 Å². The molecule has 0 unspecified atom stereocenters. The van der Waals surface area contributed by atoms with Crippen LogP contribution in [0.15, 0.2) is 35.3 Å². The molecule has 200 valence electrons. The van der Waals surface area contributed by atoms with Crippen LogP contribution in [0.2, 0.25) is 0 Å². The number of carbonyl (C=O) groups excluding carboxylic acids is 2. The van der Waals surface area contributed by atoms with Gasteiger partial charge in [0.05, 0.1) is 18.2 Å². The summed E-state index contributed by atoms with van der Waals surface area (Å²) >= 11 is 1.15. The first kappa shape index (κ1) is 26.0. The van der Waals surface area contributed by atoms with Crippen molar-refractivity contribution in [3.63, 3.8) is 0 Å². The van der Waals surface area contributed by atoms with E-state index in [0.29, 0.717) is 24.5 Å². The van der Waals surface area contributed by atoms with Crippen molar-refractivity contribution in [2.24, 2.45) is 0 Å². The van der Waals surface area contributed by atoms with Gasteiger partial charge < -0.3 is 24.2 Å². The monoisotopic (exact) mass is 541 g/mol. The molecular weight excluding hydrogens is 513 g/mol. The first-order valence-corrected chi connectivity index (χ1v) is 13.0. The van der Waals surface area contributed by atoms with E-state index in [0.717, 1.165) is 16.9 Å². The lowest BCUT2D eigenvalue weighted by molar-refractivity contribution is -0.153. The summed E-state index contributed by atoms with van der Waals surface area (Å²) in [6.45, 7) is 6.23. The Kier molecular flexibility index (Phi) is 6.56. The molecule has 0 spiro atoms. The number of hydrogen-bond donors (Lipinski definition) is 1. The van der Waals surface area contributed by atoms with Gasteiger partial charge in [-0.3, -0.25) is 14.4 Å². The normalized spacial score (nSPS) is 19.6. The molecule has 0 aliphatic carbocycles. The van der Waals surface area contributed by atoms with Crippen LogP contribution in [0.25, 0.3) is 10.6 Å². The van der Waals surface area contributed by atoms with Gasteiger partial charge in [-0.15, -0.1) is 10.2 Å². The lowest BCUT2D eigenvalue weighted by Crippen LogP contribution is -2.66. The molecule has 2 aliphatic rings. The Bertz CT molecular complexity index is 1460. The smallest absolute Gasteiger partial charge is 0.274 e. The number of nitrogens with zero attached hydrogens (tertiary/aromatic N) is 5. The molecule has 2 aliphatic heterocycles. The molecule has 0 radical (unpaired) electrons. The standard InChI is InChI=1S/C26H28FN5O5S/c1-14(2)31-13-26(3,25(36)30-10-17(11-30)37-4)32-12-18(21(33)22(34)20(32)24(31)35)23-29-28-19(38-23)9-15-5-7-16(27)8-6-15/h5-8,12,14,17,34H,9-11,13H2,1-4H3/t26-/m1/s1. The van der Waals surface area contributed by atoms with Crippen LogP contribution in [0.3, 0.4) is 0 Å². The van der Waals surface area contributed by atoms with Crippen LogP contribution in [-0.2, 0) is 21.5 Å². The highest BCUT2D eigenvalue weighted by Gasteiger charge is 2.50. The molecule has 1 fully saturated rings.